The maximum atomic E-state index is 10.7. The maximum Gasteiger partial charge on any atom is 0.240 e. The highest BCUT2D eigenvalue weighted by molar-refractivity contribution is 5.59. The van der Waals surface area contributed by atoms with Gasteiger partial charge in [-0.1, -0.05) is 50.3 Å². The number of rotatable bonds is 8. The first-order valence-corrected chi connectivity index (χ1v) is 8.62. The van der Waals surface area contributed by atoms with E-state index in [0.717, 1.165) is 22.3 Å². The Kier molecular flexibility index (Phi) is 6.56. The molecule has 2 aromatic rings. The van der Waals surface area contributed by atoms with Crippen LogP contribution in [-0.2, 0) is 27.8 Å². The summed E-state index contributed by atoms with van der Waals surface area (Å²) in [6.45, 7) is 11.8. The smallest absolute Gasteiger partial charge is 0.211 e. The van der Waals surface area contributed by atoms with Crippen LogP contribution < -0.4 is 0 Å². The van der Waals surface area contributed by atoms with E-state index in [1.165, 1.54) is 0 Å². The van der Waals surface area contributed by atoms with Crippen molar-refractivity contribution in [1.82, 2.24) is 0 Å². The summed E-state index contributed by atoms with van der Waals surface area (Å²) in [5.41, 5.74) is 4.92. The third kappa shape index (κ3) is 4.45. The fraction of sp³-hybridized carbons (Fsp3) is 0.217. The molecule has 0 N–H and O–H groups in total. The molecule has 27 heavy (non-hydrogen) atoms. The predicted molar refractivity (Wildman–Crippen MR) is 108 cm³/mol. The van der Waals surface area contributed by atoms with Gasteiger partial charge < -0.3 is 0 Å². The van der Waals surface area contributed by atoms with Crippen LogP contribution in [0.3, 0.4) is 0 Å². The zero-order valence-electron chi connectivity index (χ0n) is 15.7. The molecule has 0 spiro atoms. The third-order valence-electron chi connectivity index (χ3n) is 4.66. The highest BCUT2D eigenvalue weighted by atomic mass is 16.1. The summed E-state index contributed by atoms with van der Waals surface area (Å²) in [6, 6.07) is 11.7. The molecule has 0 aliphatic heterocycles. The topological polar surface area (TPSA) is 58.9 Å². The molecule has 2 aromatic carbocycles. The zero-order chi connectivity index (χ0) is 19.9. The lowest BCUT2D eigenvalue weighted by atomic mass is 9.76. The van der Waals surface area contributed by atoms with Crippen molar-refractivity contribution in [2.45, 2.75) is 32.1 Å². The third-order valence-corrected chi connectivity index (χ3v) is 4.66. The van der Waals surface area contributed by atoms with E-state index in [1.54, 1.807) is 24.3 Å². The molecule has 0 aliphatic rings. The first kappa shape index (κ1) is 20.0. The van der Waals surface area contributed by atoms with Gasteiger partial charge in [0.05, 0.1) is 11.4 Å². The first-order chi connectivity index (χ1) is 13.0. The van der Waals surface area contributed by atoms with Gasteiger partial charge in [-0.15, -0.1) is 13.2 Å². The minimum atomic E-state index is -0.307. The second-order valence-electron chi connectivity index (χ2n) is 6.70. The van der Waals surface area contributed by atoms with Crippen LogP contribution in [0.2, 0.25) is 0 Å². The molecule has 4 nitrogen and oxygen atoms in total. The normalized spacial score (nSPS) is 10.4. The fourth-order valence-electron chi connectivity index (χ4n) is 3.07. The van der Waals surface area contributed by atoms with Crippen molar-refractivity contribution >= 4 is 23.5 Å². The van der Waals surface area contributed by atoms with Crippen molar-refractivity contribution in [3.8, 4) is 0 Å². The van der Waals surface area contributed by atoms with E-state index < -0.39 is 0 Å². The zero-order valence-corrected chi connectivity index (χ0v) is 15.7. The summed E-state index contributed by atoms with van der Waals surface area (Å²) in [5.74, 6) is 0. The quantitative estimate of drug-likeness (QED) is 0.360. The summed E-state index contributed by atoms with van der Waals surface area (Å²) >= 11 is 0. The first-order valence-electron chi connectivity index (χ1n) is 8.62. The summed E-state index contributed by atoms with van der Waals surface area (Å²) in [5, 5.41) is 0. The van der Waals surface area contributed by atoms with Gasteiger partial charge in [0.15, 0.2) is 0 Å². The van der Waals surface area contributed by atoms with E-state index >= 15 is 0 Å². The molecule has 0 amide bonds. The molecule has 136 valence electrons. The van der Waals surface area contributed by atoms with E-state index in [0.29, 0.717) is 24.2 Å². The molecule has 2 rings (SSSR count). The maximum absolute atomic E-state index is 10.7. The summed E-state index contributed by atoms with van der Waals surface area (Å²) in [4.78, 5) is 28.9. The van der Waals surface area contributed by atoms with Crippen molar-refractivity contribution in [2.75, 3.05) is 0 Å². The van der Waals surface area contributed by atoms with E-state index in [4.69, 9.17) is 0 Å². The average molecular weight is 358 g/mol. The van der Waals surface area contributed by atoms with E-state index in [2.05, 4.69) is 37.0 Å². The Bertz CT molecular complexity index is 883. The van der Waals surface area contributed by atoms with Crippen molar-refractivity contribution < 1.29 is 9.59 Å². The van der Waals surface area contributed by atoms with Gasteiger partial charge in [-0.05, 0) is 47.2 Å². The highest BCUT2D eigenvalue weighted by Gasteiger charge is 2.25. The predicted octanol–water partition coefficient (Wildman–Crippen LogP) is 5.40. The van der Waals surface area contributed by atoms with Crippen LogP contribution in [-0.4, -0.2) is 12.2 Å². The lowest BCUT2D eigenvalue weighted by molar-refractivity contribution is 0.564. The lowest BCUT2D eigenvalue weighted by Gasteiger charge is -2.27. The SMILES string of the molecule is C=CCc1cc(C(C)(C)c2ccc(N=C=O)c(CC=C)c2)ccc1N=C=O. The van der Waals surface area contributed by atoms with Crippen LogP contribution in [0, 0.1) is 0 Å². The molecule has 0 atom stereocenters. The monoisotopic (exact) mass is 358 g/mol. The highest BCUT2D eigenvalue weighted by Crippen LogP contribution is 2.36. The molecule has 0 unspecified atom stereocenters. The molecule has 0 fully saturated rings. The van der Waals surface area contributed by atoms with E-state index in [1.807, 2.05) is 36.4 Å². The Morgan fingerprint density at radius 3 is 1.59 bits per heavy atom. The van der Waals surface area contributed by atoms with Crippen molar-refractivity contribution in [1.29, 1.82) is 0 Å². The molecular weight excluding hydrogens is 336 g/mol. The Hall–Kier alpha value is -3.32. The average Bonchev–Trinajstić information content (AvgIpc) is 2.65. The van der Waals surface area contributed by atoms with Gasteiger partial charge in [-0.25, -0.2) is 9.59 Å². The molecule has 0 bridgehead atoms. The van der Waals surface area contributed by atoms with Gasteiger partial charge in [0, 0.05) is 5.41 Å². The second-order valence-corrected chi connectivity index (χ2v) is 6.70. The second kappa shape index (κ2) is 8.86. The number of hydrogen-bond acceptors (Lipinski definition) is 4. The van der Waals surface area contributed by atoms with E-state index in [9.17, 15) is 9.59 Å². The summed E-state index contributed by atoms with van der Waals surface area (Å²) in [6.07, 6.45) is 7.99. The minimum Gasteiger partial charge on any atom is -0.211 e. The van der Waals surface area contributed by atoms with Gasteiger partial charge in [-0.3, -0.25) is 0 Å². The molecule has 0 aliphatic carbocycles. The minimum absolute atomic E-state index is 0.307. The standard InChI is InChI=1S/C23H22N2O2/c1-5-7-17-13-19(9-11-21(17)24-15-26)23(3,4)20-10-12-22(25-16-27)18(14-20)8-6-2/h5-6,9-14H,1-2,7-8H2,3-4H3. The molecule has 0 aromatic heterocycles. The Morgan fingerprint density at radius 1 is 0.852 bits per heavy atom. The van der Waals surface area contributed by atoms with Crippen LogP contribution in [0.4, 0.5) is 11.4 Å². The van der Waals surface area contributed by atoms with Crippen LogP contribution in [0.15, 0.2) is 71.7 Å². The number of carbonyl (C=O) groups excluding carboxylic acids is 2. The van der Waals surface area contributed by atoms with Crippen LogP contribution in [0.1, 0.15) is 36.1 Å². The van der Waals surface area contributed by atoms with Crippen molar-refractivity contribution in [3.05, 3.63) is 84.0 Å². The van der Waals surface area contributed by atoms with Gasteiger partial charge in [0.1, 0.15) is 0 Å². The van der Waals surface area contributed by atoms with E-state index in [-0.39, 0.29) is 5.41 Å². The number of hydrogen-bond donors (Lipinski definition) is 0. The number of benzene rings is 2. The Labute approximate surface area is 159 Å². The number of aliphatic imine (C=N–C) groups is 2. The van der Waals surface area contributed by atoms with Gasteiger partial charge in [-0.2, -0.15) is 9.98 Å². The lowest BCUT2D eigenvalue weighted by Crippen LogP contribution is -2.19. The van der Waals surface area contributed by atoms with Gasteiger partial charge in [0.25, 0.3) is 0 Å². The largest absolute Gasteiger partial charge is 0.240 e. The molecule has 0 radical (unpaired) electrons. The van der Waals surface area contributed by atoms with Crippen LogP contribution in [0.5, 0.6) is 0 Å². The summed E-state index contributed by atoms with van der Waals surface area (Å²) in [7, 11) is 0. The van der Waals surface area contributed by atoms with Gasteiger partial charge >= 0.3 is 0 Å². The van der Waals surface area contributed by atoms with Crippen molar-refractivity contribution in [3.63, 3.8) is 0 Å². The van der Waals surface area contributed by atoms with Crippen LogP contribution in [0.25, 0.3) is 0 Å². The van der Waals surface area contributed by atoms with Crippen molar-refractivity contribution in [2.24, 2.45) is 9.98 Å². The molecular formula is C23H22N2O2. The Balaban J connectivity index is 2.57. The number of nitrogens with zero attached hydrogens (tertiary/aromatic N) is 2. The van der Waals surface area contributed by atoms with Crippen LogP contribution >= 0.6 is 0 Å². The Morgan fingerprint density at radius 2 is 1.26 bits per heavy atom. The number of isocyanates is 2. The molecule has 4 heteroatoms. The number of allylic oxidation sites excluding steroid dienone is 2. The molecule has 0 saturated carbocycles. The molecule has 0 saturated heterocycles. The van der Waals surface area contributed by atoms with Gasteiger partial charge in [0.2, 0.25) is 12.2 Å². The summed E-state index contributed by atoms with van der Waals surface area (Å²) < 4.78 is 0. The molecule has 0 heterocycles. The fourth-order valence-corrected chi connectivity index (χ4v) is 3.07.